The lowest BCUT2D eigenvalue weighted by Crippen LogP contribution is -2.31. The quantitative estimate of drug-likeness (QED) is 0.381. The number of ether oxygens (including phenoxy) is 1. The van der Waals surface area contributed by atoms with Crippen LogP contribution in [0.3, 0.4) is 0 Å². The van der Waals surface area contributed by atoms with Gasteiger partial charge in [0, 0.05) is 11.0 Å². The predicted octanol–water partition coefficient (Wildman–Crippen LogP) is 1.69. The summed E-state index contributed by atoms with van der Waals surface area (Å²) < 4.78 is 6.20. The number of amidine groups is 1. The van der Waals surface area contributed by atoms with E-state index in [1.54, 1.807) is 7.11 Å². The van der Waals surface area contributed by atoms with Gasteiger partial charge >= 0.3 is 0 Å². The lowest BCUT2D eigenvalue weighted by molar-refractivity contribution is 0.413. The molecule has 3 N–H and O–H groups in total. The van der Waals surface area contributed by atoms with Gasteiger partial charge in [-0.05, 0) is 25.1 Å². The molecule has 0 aliphatic carbocycles. The molecule has 0 bridgehead atoms. The highest BCUT2D eigenvalue weighted by molar-refractivity contribution is 9.10. The van der Waals surface area contributed by atoms with Gasteiger partial charge in [0.1, 0.15) is 11.6 Å². The average molecular weight is 272 g/mol. The van der Waals surface area contributed by atoms with Gasteiger partial charge in [-0.15, -0.1) is 0 Å². The van der Waals surface area contributed by atoms with Gasteiger partial charge in [-0.2, -0.15) is 0 Å². The van der Waals surface area contributed by atoms with E-state index in [0.29, 0.717) is 12.4 Å². The minimum atomic E-state index is 0.627. The molecule has 0 saturated carbocycles. The van der Waals surface area contributed by atoms with Crippen molar-refractivity contribution in [2.24, 2.45) is 10.8 Å². The van der Waals surface area contributed by atoms with Crippen LogP contribution in [0.2, 0.25) is 0 Å². The van der Waals surface area contributed by atoms with Crippen LogP contribution in [0.1, 0.15) is 12.5 Å². The van der Waals surface area contributed by atoms with Gasteiger partial charge < -0.3 is 10.2 Å². The molecule has 5 heteroatoms. The van der Waals surface area contributed by atoms with E-state index in [4.69, 9.17) is 10.6 Å². The highest BCUT2D eigenvalue weighted by Crippen LogP contribution is 2.23. The number of hydrogen-bond donors (Lipinski definition) is 2. The molecule has 15 heavy (non-hydrogen) atoms. The molecule has 0 amide bonds. The Hall–Kier alpha value is -1.07. The lowest BCUT2D eigenvalue weighted by atomic mass is 10.2. The van der Waals surface area contributed by atoms with Crippen molar-refractivity contribution >= 4 is 21.8 Å². The first-order valence-electron chi connectivity index (χ1n) is 4.58. The van der Waals surface area contributed by atoms with Crippen molar-refractivity contribution in [2.75, 3.05) is 13.7 Å². The first-order chi connectivity index (χ1) is 7.22. The van der Waals surface area contributed by atoms with Crippen LogP contribution in [0.25, 0.3) is 0 Å². The highest BCUT2D eigenvalue weighted by Gasteiger charge is 2.08. The summed E-state index contributed by atoms with van der Waals surface area (Å²) in [6.07, 6.45) is 0. The Bertz CT molecular complexity index is 366. The molecule has 0 atom stereocenters. The Morgan fingerprint density at radius 1 is 1.60 bits per heavy atom. The smallest absolute Gasteiger partial charge is 0.146 e. The van der Waals surface area contributed by atoms with E-state index < -0.39 is 0 Å². The van der Waals surface area contributed by atoms with Crippen LogP contribution in [0.15, 0.2) is 27.7 Å². The third-order valence-electron chi connectivity index (χ3n) is 1.87. The van der Waals surface area contributed by atoms with Crippen molar-refractivity contribution in [1.82, 2.24) is 5.43 Å². The number of aliphatic imine (C=N–C) groups is 1. The summed E-state index contributed by atoms with van der Waals surface area (Å²) in [6.45, 7) is 2.61. The number of hydrazine groups is 1. The number of nitrogens with one attached hydrogen (secondary N) is 1. The van der Waals surface area contributed by atoms with Crippen LogP contribution in [0.4, 0.5) is 0 Å². The lowest BCUT2D eigenvalue weighted by Gasteiger charge is -2.10. The van der Waals surface area contributed by atoms with Crippen molar-refractivity contribution in [3.63, 3.8) is 0 Å². The van der Waals surface area contributed by atoms with Gasteiger partial charge in [-0.3, -0.25) is 4.99 Å². The Balaban J connectivity index is 3.17. The largest absolute Gasteiger partial charge is 0.496 e. The normalized spacial score (nSPS) is 11.3. The zero-order valence-electron chi connectivity index (χ0n) is 8.75. The monoisotopic (exact) mass is 271 g/mol. The molecule has 0 aliphatic rings. The third kappa shape index (κ3) is 2.94. The molecule has 82 valence electrons. The number of nitrogens with two attached hydrogens (primary N) is 1. The Labute approximate surface area is 97.6 Å². The number of nitrogens with zero attached hydrogens (tertiary/aromatic N) is 1. The second kappa shape index (κ2) is 5.72. The van der Waals surface area contributed by atoms with Gasteiger partial charge in [0.15, 0.2) is 0 Å². The second-order valence-electron chi connectivity index (χ2n) is 2.81. The highest BCUT2D eigenvalue weighted by atomic mass is 79.9. The van der Waals surface area contributed by atoms with Crippen LogP contribution in [-0.4, -0.2) is 19.5 Å². The summed E-state index contributed by atoms with van der Waals surface area (Å²) in [4.78, 5) is 4.24. The maximum absolute atomic E-state index is 5.40. The fourth-order valence-electron chi connectivity index (χ4n) is 1.23. The second-order valence-corrected chi connectivity index (χ2v) is 3.73. The summed E-state index contributed by atoms with van der Waals surface area (Å²) in [7, 11) is 1.62. The van der Waals surface area contributed by atoms with Gasteiger partial charge in [0.25, 0.3) is 0 Å². The first-order valence-corrected chi connectivity index (χ1v) is 5.37. The van der Waals surface area contributed by atoms with E-state index in [2.05, 4.69) is 26.3 Å². The van der Waals surface area contributed by atoms with Gasteiger partial charge in [-0.1, -0.05) is 15.9 Å². The Morgan fingerprint density at radius 2 is 2.33 bits per heavy atom. The molecule has 0 fully saturated rings. The van der Waals surface area contributed by atoms with Crippen molar-refractivity contribution in [3.8, 4) is 5.75 Å². The zero-order chi connectivity index (χ0) is 11.3. The van der Waals surface area contributed by atoms with E-state index >= 15 is 0 Å². The van der Waals surface area contributed by atoms with Crippen LogP contribution >= 0.6 is 15.9 Å². The minimum Gasteiger partial charge on any atom is -0.496 e. The molecule has 0 radical (unpaired) electrons. The van der Waals surface area contributed by atoms with Gasteiger partial charge in [0.05, 0.1) is 12.7 Å². The van der Waals surface area contributed by atoms with E-state index in [-0.39, 0.29) is 0 Å². The Kier molecular flexibility index (Phi) is 4.58. The molecule has 0 aromatic heterocycles. The Morgan fingerprint density at radius 3 is 2.87 bits per heavy atom. The fourth-order valence-corrected chi connectivity index (χ4v) is 1.57. The SMILES string of the molecule is CCN=C(NN)c1ccc(Br)cc1OC. The molecule has 0 heterocycles. The summed E-state index contributed by atoms with van der Waals surface area (Å²) in [5, 5.41) is 0. The summed E-state index contributed by atoms with van der Waals surface area (Å²) in [5.74, 6) is 6.76. The molecule has 1 aromatic rings. The van der Waals surface area contributed by atoms with E-state index in [1.165, 1.54) is 0 Å². The summed E-state index contributed by atoms with van der Waals surface area (Å²) in [5.41, 5.74) is 3.42. The minimum absolute atomic E-state index is 0.627. The molecule has 4 nitrogen and oxygen atoms in total. The van der Waals surface area contributed by atoms with E-state index in [1.807, 2.05) is 25.1 Å². The topological polar surface area (TPSA) is 59.6 Å². The number of rotatable bonds is 3. The molecular weight excluding hydrogens is 258 g/mol. The average Bonchev–Trinajstić information content (AvgIpc) is 2.26. The molecule has 0 unspecified atom stereocenters. The zero-order valence-corrected chi connectivity index (χ0v) is 10.3. The van der Waals surface area contributed by atoms with E-state index in [0.717, 1.165) is 15.8 Å². The molecule has 1 rings (SSSR count). The van der Waals surface area contributed by atoms with Crippen molar-refractivity contribution in [3.05, 3.63) is 28.2 Å². The standard InChI is InChI=1S/C10H14BrN3O/c1-3-13-10(14-12)8-5-4-7(11)6-9(8)15-2/h4-6H,3,12H2,1-2H3,(H,13,14). The molecule has 0 spiro atoms. The van der Waals surface area contributed by atoms with Crippen LogP contribution in [-0.2, 0) is 0 Å². The summed E-state index contributed by atoms with van der Waals surface area (Å²) in [6, 6.07) is 5.69. The summed E-state index contributed by atoms with van der Waals surface area (Å²) >= 11 is 3.38. The van der Waals surface area contributed by atoms with Gasteiger partial charge in [-0.25, -0.2) is 5.84 Å². The predicted molar refractivity (Wildman–Crippen MR) is 65.1 cm³/mol. The molecule has 0 saturated heterocycles. The van der Waals surface area contributed by atoms with Crippen LogP contribution in [0.5, 0.6) is 5.75 Å². The van der Waals surface area contributed by atoms with Crippen molar-refractivity contribution < 1.29 is 4.74 Å². The van der Waals surface area contributed by atoms with Crippen LogP contribution in [0, 0.1) is 0 Å². The molecule has 0 aliphatic heterocycles. The maximum Gasteiger partial charge on any atom is 0.146 e. The maximum atomic E-state index is 5.40. The van der Waals surface area contributed by atoms with Crippen molar-refractivity contribution in [2.45, 2.75) is 6.92 Å². The number of methoxy groups -OCH3 is 1. The van der Waals surface area contributed by atoms with Crippen LogP contribution < -0.4 is 16.0 Å². The number of halogens is 1. The number of hydrogen-bond acceptors (Lipinski definition) is 3. The van der Waals surface area contributed by atoms with Gasteiger partial charge in [0.2, 0.25) is 0 Å². The first kappa shape index (κ1) is 12.0. The fraction of sp³-hybridized carbons (Fsp3) is 0.300. The molecule has 1 aromatic carbocycles. The number of benzene rings is 1. The molecular formula is C10H14BrN3O. The van der Waals surface area contributed by atoms with E-state index in [9.17, 15) is 0 Å². The van der Waals surface area contributed by atoms with Crippen molar-refractivity contribution in [1.29, 1.82) is 0 Å². The third-order valence-corrected chi connectivity index (χ3v) is 2.36.